The van der Waals surface area contributed by atoms with E-state index in [0.717, 1.165) is 49.2 Å². The highest BCUT2D eigenvalue weighted by Gasteiger charge is 2.33. The summed E-state index contributed by atoms with van der Waals surface area (Å²) >= 11 is 0. The van der Waals surface area contributed by atoms with Crippen LogP contribution < -0.4 is 10.6 Å². The summed E-state index contributed by atoms with van der Waals surface area (Å²) < 4.78 is 40.5. The number of benzene rings is 2. The average molecular weight is 478 g/mol. The van der Waals surface area contributed by atoms with Crippen molar-refractivity contribution < 1.29 is 18.0 Å². The lowest BCUT2D eigenvalue weighted by atomic mass is 10.1. The zero-order valence-electron chi connectivity index (χ0n) is 20.1. The maximum Gasteiger partial charge on any atom is 0.416 e. The number of carbonyl (C=O) groups excluding carboxylic acids is 1. The van der Waals surface area contributed by atoms with Crippen molar-refractivity contribution in [3.63, 3.8) is 0 Å². The summed E-state index contributed by atoms with van der Waals surface area (Å²) in [5.74, 6) is -0.250. The molecule has 0 radical (unpaired) electrons. The van der Waals surface area contributed by atoms with Crippen molar-refractivity contribution in [3.05, 3.63) is 59.2 Å². The van der Waals surface area contributed by atoms with Crippen LogP contribution in [0, 0.1) is 0 Å². The molecule has 1 aliphatic rings. The summed E-state index contributed by atoms with van der Waals surface area (Å²) in [6, 6.07) is 11.4. The van der Waals surface area contributed by atoms with Gasteiger partial charge in [-0.25, -0.2) is 0 Å². The van der Waals surface area contributed by atoms with Gasteiger partial charge in [-0.2, -0.15) is 13.2 Å². The van der Waals surface area contributed by atoms with Crippen LogP contribution in [-0.4, -0.2) is 74.0 Å². The highest BCUT2D eigenvalue weighted by Crippen LogP contribution is 2.32. The van der Waals surface area contributed by atoms with Crippen molar-refractivity contribution in [2.24, 2.45) is 0 Å². The molecule has 2 aromatic rings. The predicted octanol–water partition coefficient (Wildman–Crippen LogP) is 3.96. The van der Waals surface area contributed by atoms with Gasteiger partial charge in [0.15, 0.2) is 0 Å². The fraction of sp³-hybridized carbons (Fsp3) is 0.480. The van der Waals surface area contributed by atoms with E-state index >= 15 is 0 Å². The van der Waals surface area contributed by atoms with E-state index in [1.165, 1.54) is 17.0 Å². The van der Waals surface area contributed by atoms with E-state index in [4.69, 9.17) is 0 Å². The lowest BCUT2D eigenvalue weighted by Gasteiger charge is -2.26. The van der Waals surface area contributed by atoms with E-state index in [2.05, 4.69) is 28.5 Å². The Bertz CT molecular complexity index is 964. The number of fused-ring (bicyclic) bond motifs is 1. The highest BCUT2D eigenvalue weighted by atomic mass is 19.4. The van der Waals surface area contributed by atoms with Gasteiger partial charge in [0, 0.05) is 39.3 Å². The van der Waals surface area contributed by atoms with Crippen LogP contribution in [0.2, 0.25) is 0 Å². The lowest BCUT2D eigenvalue weighted by molar-refractivity contribution is -0.139. The fourth-order valence-corrected chi connectivity index (χ4v) is 4.05. The molecule has 0 spiro atoms. The number of likely N-dealkylation sites (N-methyl/N-ethyl adjacent to an activating group) is 2. The molecule has 0 saturated carbocycles. The molecule has 0 fully saturated rings. The number of anilines is 2. The zero-order chi connectivity index (χ0) is 24.7. The molecule has 9 heteroatoms. The van der Waals surface area contributed by atoms with Gasteiger partial charge in [-0.05, 0) is 43.9 Å². The molecule has 1 heterocycles. The summed E-state index contributed by atoms with van der Waals surface area (Å²) in [4.78, 5) is 18.9. The Morgan fingerprint density at radius 1 is 1.12 bits per heavy atom. The zero-order valence-corrected chi connectivity index (χ0v) is 20.1. The SMILES string of the molecule is CCN1CCNc2c(cccc2NCC(=O)N(CCN(C)C)Cc2ccccc2C(F)(F)F)C1. The van der Waals surface area contributed by atoms with Crippen LogP contribution in [-0.2, 0) is 24.1 Å². The van der Waals surface area contributed by atoms with Gasteiger partial charge in [-0.15, -0.1) is 0 Å². The van der Waals surface area contributed by atoms with E-state index in [1.807, 2.05) is 31.1 Å². The van der Waals surface area contributed by atoms with Crippen LogP contribution in [0.1, 0.15) is 23.6 Å². The number of carbonyl (C=O) groups is 1. The smallest absolute Gasteiger partial charge is 0.382 e. The van der Waals surface area contributed by atoms with Crippen molar-refractivity contribution in [2.75, 3.05) is 64.0 Å². The third-order valence-electron chi connectivity index (χ3n) is 6.01. The second-order valence-corrected chi connectivity index (χ2v) is 8.76. The highest BCUT2D eigenvalue weighted by molar-refractivity contribution is 5.83. The van der Waals surface area contributed by atoms with E-state index in [1.54, 1.807) is 6.07 Å². The Labute approximate surface area is 199 Å². The van der Waals surface area contributed by atoms with Crippen molar-refractivity contribution in [1.29, 1.82) is 0 Å². The molecule has 34 heavy (non-hydrogen) atoms. The molecule has 6 nitrogen and oxygen atoms in total. The summed E-state index contributed by atoms with van der Waals surface area (Å²) in [7, 11) is 3.74. The van der Waals surface area contributed by atoms with Crippen LogP contribution >= 0.6 is 0 Å². The number of alkyl halides is 3. The van der Waals surface area contributed by atoms with Crippen LogP contribution in [0.25, 0.3) is 0 Å². The molecule has 3 rings (SSSR count). The first-order chi connectivity index (χ1) is 16.2. The van der Waals surface area contributed by atoms with Gasteiger partial charge in [-0.1, -0.05) is 37.3 Å². The van der Waals surface area contributed by atoms with Gasteiger partial charge in [0.1, 0.15) is 0 Å². The standard InChI is InChI=1S/C25H34F3N5O/c1-4-32-13-12-29-24-20(17-32)9-7-11-22(24)30-16-23(34)33(15-14-31(2)3)18-19-8-5-6-10-21(19)25(26,27)28/h5-11,29-30H,4,12-18H2,1-3H3. The van der Waals surface area contributed by atoms with Gasteiger partial charge in [0.2, 0.25) is 5.91 Å². The summed E-state index contributed by atoms with van der Waals surface area (Å²) in [6.07, 6.45) is -4.47. The van der Waals surface area contributed by atoms with E-state index < -0.39 is 11.7 Å². The largest absolute Gasteiger partial charge is 0.416 e. The number of amides is 1. The first-order valence-corrected chi connectivity index (χ1v) is 11.6. The maximum absolute atomic E-state index is 13.5. The van der Waals surface area contributed by atoms with Crippen molar-refractivity contribution in [1.82, 2.24) is 14.7 Å². The Balaban J connectivity index is 1.75. The molecule has 1 aliphatic heterocycles. The molecule has 0 atom stereocenters. The van der Waals surface area contributed by atoms with Gasteiger partial charge >= 0.3 is 6.18 Å². The Morgan fingerprint density at radius 2 is 1.88 bits per heavy atom. The van der Waals surface area contributed by atoms with Gasteiger partial charge in [-0.3, -0.25) is 9.69 Å². The number of hydrogen-bond acceptors (Lipinski definition) is 5. The van der Waals surface area contributed by atoms with E-state index in [9.17, 15) is 18.0 Å². The van der Waals surface area contributed by atoms with E-state index in [-0.39, 0.29) is 24.6 Å². The monoisotopic (exact) mass is 477 g/mol. The Morgan fingerprint density at radius 3 is 2.59 bits per heavy atom. The van der Waals surface area contributed by atoms with Crippen LogP contribution in [0.4, 0.5) is 24.5 Å². The van der Waals surface area contributed by atoms with Crippen molar-refractivity contribution in [3.8, 4) is 0 Å². The Hall–Kier alpha value is -2.78. The number of hydrogen-bond donors (Lipinski definition) is 2. The van der Waals surface area contributed by atoms with Gasteiger partial charge in [0.05, 0.1) is 23.5 Å². The molecular formula is C25H34F3N5O. The Kier molecular flexibility index (Phi) is 8.79. The number of nitrogens with zero attached hydrogens (tertiary/aromatic N) is 3. The molecule has 0 aromatic heterocycles. The summed E-state index contributed by atoms with van der Waals surface area (Å²) in [6.45, 7) is 6.43. The molecule has 1 amide bonds. The van der Waals surface area contributed by atoms with Crippen molar-refractivity contribution in [2.45, 2.75) is 26.2 Å². The summed E-state index contributed by atoms with van der Waals surface area (Å²) in [5, 5.41) is 6.68. The maximum atomic E-state index is 13.5. The number of rotatable bonds is 9. The minimum absolute atomic E-state index is 0.00274. The van der Waals surface area contributed by atoms with Crippen LogP contribution in [0.5, 0.6) is 0 Å². The second-order valence-electron chi connectivity index (χ2n) is 8.76. The molecule has 2 N–H and O–H groups in total. The second kappa shape index (κ2) is 11.6. The van der Waals surface area contributed by atoms with Gasteiger partial charge < -0.3 is 20.4 Å². The topological polar surface area (TPSA) is 50.9 Å². The molecule has 0 saturated heterocycles. The predicted molar refractivity (Wildman–Crippen MR) is 130 cm³/mol. The minimum Gasteiger partial charge on any atom is -0.382 e. The van der Waals surface area contributed by atoms with Gasteiger partial charge in [0.25, 0.3) is 0 Å². The van der Waals surface area contributed by atoms with Crippen LogP contribution in [0.15, 0.2) is 42.5 Å². The molecule has 0 bridgehead atoms. The number of para-hydroxylation sites is 1. The normalized spacial score (nSPS) is 14.3. The third kappa shape index (κ3) is 6.87. The molecule has 0 aliphatic carbocycles. The summed E-state index contributed by atoms with van der Waals surface area (Å²) in [5.41, 5.74) is 2.35. The molecule has 0 unspecified atom stereocenters. The minimum atomic E-state index is -4.47. The lowest BCUT2D eigenvalue weighted by Crippen LogP contribution is -2.39. The quantitative estimate of drug-likeness (QED) is 0.573. The average Bonchev–Trinajstić information content (AvgIpc) is 3.02. The first kappa shape index (κ1) is 25.8. The number of nitrogens with one attached hydrogen (secondary N) is 2. The van der Waals surface area contributed by atoms with E-state index in [0.29, 0.717) is 13.1 Å². The van der Waals surface area contributed by atoms with Crippen molar-refractivity contribution >= 4 is 17.3 Å². The first-order valence-electron chi connectivity index (χ1n) is 11.6. The molecular weight excluding hydrogens is 443 g/mol. The molecule has 2 aromatic carbocycles. The fourth-order valence-electron chi connectivity index (χ4n) is 4.05. The number of halogens is 3. The van der Waals surface area contributed by atoms with Crippen LogP contribution in [0.3, 0.4) is 0 Å². The molecule has 186 valence electrons. The third-order valence-corrected chi connectivity index (χ3v) is 6.01.